The van der Waals surface area contributed by atoms with E-state index in [0.29, 0.717) is 15.6 Å². The van der Waals surface area contributed by atoms with Crippen molar-refractivity contribution in [1.29, 1.82) is 0 Å². The van der Waals surface area contributed by atoms with E-state index >= 15 is 0 Å². The van der Waals surface area contributed by atoms with Gasteiger partial charge in [-0.3, -0.25) is 4.79 Å². The molecule has 2 aromatic carbocycles. The third kappa shape index (κ3) is 4.22. The van der Waals surface area contributed by atoms with E-state index in [9.17, 15) is 18.0 Å². The van der Waals surface area contributed by atoms with Crippen LogP contribution in [-0.4, -0.2) is 5.91 Å². The molecule has 0 radical (unpaired) electrons. The Morgan fingerprint density at radius 3 is 1.88 bits per heavy atom. The van der Waals surface area contributed by atoms with Crippen LogP contribution in [0.2, 0.25) is 10.0 Å². The van der Waals surface area contributed by atoms with Crippen molar-refractivity contribution in [3.8, 4) is 0 Å². The molecule has 0 aliphatic rings. The highest BCUT2D eigenvalue weighted by Crippen LogP contribution is 2.32. The number of amides is 1. The minimum atomic E-state index is -4.42. The Hall–Kier alpha value is -1.72. The SMILES string of the molecule is CC(C)(C(=O)Nc1ccc(C(F)(F)F)cc1)c1cc(Cl)cc(Cl)c1. The lowest BCUT2D eigenvalue weighted by Gasteiger charge is -2.25. The van der Waals surface area contributed by atoms with Gasteiger partial charge in [-0.2, -0.15) is 13.2 Å². The molecule has 2 nitrogen and oxygen atoms in total. The molecule has 0 unspecified atom stereocenters. The minimum absolute atomic E-state index is 0.272. The zero-order chi connectivity index (χ0) is 18.1. The molecule has 1 amide bonds. The fourth-order valence-corrected chi connectivity index (χ4v) is 2.60. The second-order valence-electron chi connectivity index (χ2n) is 5.81. The number of alkyl halides is 3. The van der Waals surface area contributed by atoms with Crippen molar-refractivity contribution in [2.45, 2.75) is 25.4 Å². The predicted octanol–water partition coefficient (Wildman–Crippen LogP) is 5.93. The van der Waals surface area contributed by atoms with E-state index in [4.69, 9.17) is 23.2 Å². The maximum absolute atomic E-state index is 12.6. The van der Waals surface area contributed by atoms with E-state index in [-0.39, 0.29) is 11.6 Å². The summed E-state index contributed by atoms with van der Waals surface area (Å²) in [5, 5.41) is 3.40. The molecular formula is C17H14Cl2F3NO. The summed E-state index contributed by atoms with van der Waals surface area (Å²) in [4.78, 5) is 12.5. The summed E-state index contributed by atoms with van der Waals surface area (Å²) in [6.45, 7) is 3.35. The first kappa shape index (κ1) is 18.6. The van der Waals surface area contributed by atoms with Crippen molar-refractivity contribution in [2.24, 2.45) is 0 Å². The summed E-state index contributed by atoms with van der Waals surface area (Å²) in [5.74, 6) is -0.388. The molecule has 1 N–H and O–H groups in total. The third-order valence-electron chi connectivity index (χ3n) is 3.62. The van der Waals surface area contributed by atoms with Crippen molar-refractivity contribution in [3.63, 3.8) is 0 Å². The second kappa shape index (κ2) is 6.65. The van der Waals surface area contributed by atoms with Gasteiger partial charge < -0.3 is 5.32 Å². The maximum Gasteiger partial charge on any atom is 0.416 e. The van der Waals surface area contributed by atoms with Gasteiger partial charge in [-0.15, -0.1) is 0 Å². The summed E-state index contributed by atoms with van der Waals surface area (Å²) in [6.07, 6.45) is -4.42. The average molecular weight is 376 g/mol. The number of anilines is 1. The van der Waals surface area contributed by atoms with Crippen molar-refractivity contribution in [3.05, 3.63) is 63.6 Å². The molecule has 0 saturated carbocycles. The number of halogens is 5. The van der Waals surface area contributed by atoms with Crippen molar-refractivity contribution in [1.82, 2.24) is 0 Å². The summed E-state index contributed by atoms with van der Waals surface area (Å²) in [6, 6.07) is 9.05. The van der Waals surface area contributed by atoms with E-state index in [2.05, 4.69) is 5.32 Å². The van der Waals surface area contributed by atoms with Gasteiger partial charge in [0, 0.05) is 15.7 Å². The topological polar surface area (TPSA) is 29.1 Å². The van der Waals surface area contributed by atoms with Gasteiger partial charge in [0.15, 0.2) is 0 Å². The molecule has 0 atom stereocenters. The lowest BCUT2D eigenvalue weighted by atomic mass is 9.83. The summed E-state index contributed by atoms with van der Waals surface area (Å²) in [5.41, 5.74) is -0.878. The van der Waals surface area contributed by atoms with Crippen LogP contribution in [0.25, 0.3) is 0 Å². The fraction of sp³-hybridized carbons (Fsp3) is 0.235. The quantitative estimate of drug-likeness (QED) is 0.707. The normalized spacial score (nSPS) is 12.1. The number of hydrogen-bond acceptors (Lipinski definition) is 1. The molecule has 0 spiro atoms. The zero-order valence-electron chi connectivity index (χ0n) is 12.8. The third-order valence-corrected chi connectivity index (χ3v) is 4.06. The molecule has 2 aromatic rings. The molecule has 7 heteroatoms. The van der Waals surface area contributed by atoms with Crippen LogP contribution in [-0.2, 0) is 16.4 Å². The molecular weight excluding hydrogens is 362 g/mol. The first-order chi connectivity index (χ1) is 11.0. The van der Waals surface area contributed by atoms with Gasteiger partial charge in [-0.05, 0) is 61.9 Å². The van der Waals surface area contributed by atoms with Gasteiger partial charge in [-0.25, -0.2) is 0 Å². The first-order valence-electron chi connectivity index (χ1n) is 6.95. The van der Waals surface area contributed by atoms with Crippen molar-refractivity contribution >= 4 is 34.8 Å². The van der Waals surface area contributed by atoms with Gasteiger partial charge in [0.1, 0.15) is 0 Å². The van der Waals surface area contributed by atoms with E-state index in [1.54, 1.807) is 32.0 Å². The van der Waals surface area contributed by atoms with Crippen LogP contribution in [0.3, 0.4) is 0 Å². The molecule has 0 aliphatic heterocycles. The summed E-state index contributed by atoms with van der Waals surface area (Å²) < 4.78 is 37.7. The Morgan fingerprint density at radius 1 is 0.917 bits per heavy atom. The average Bonchev–Trinajstić information content (AvgIpc) is 2.45. The number of hydrogen-bond donors (Lipinski definition) is 1. The van der Waals surface area contributed by atoms with E-state index in [1.807, 2.05) is 0 Å². The number of benzene rings is 2. The Bertz CT molecular complexity index is 735. The van der Waals surface area contributed by atoms with E-state index < -0.39 is 17.2 Å². The minimum Gasteiger partial charge on any atom is -0.325 e. The summed E-state index contributed by atoms with van der Waals surface area (Å²) >= 11 is 11.9. The molecule has 128 valence electrons. The highest BCUT2D eigenvalue weighted by molar-refractivity contribution is 6.34. The molecule has 2 rings (SSSR count). The monoisotopic (exact) mass is 375 g/mol. The number of nitrogens with one attached hydrogen (secondary N) is 1. The molecule has 0 aromatic heterocycles. The fourth-order valence-electron chi connectivity index (χ4n) is 2.08. The van der Waals surface area contributed by atoms with E-state index in [0.717, 1.165) is 12.1 Å². The van der Waals surface area contributed by atoms with Crippen molar-refractivity contribution in [2.75, 3.05) is 5.32 Å². The van der Waals surface area contributed by atoms with Crippen LogP contribution in [0.15, 0.2) is 42.5 Å². The van der Waals surface area contributed by atoms with Crippen LogP contribution in [0.1, 0.15) is 25.0 Å². The van der Waals surface area contributed by atoms with Crippen LogP contribution in [0, 0.1) is 0 Å². The highest BCUT2D eigenvalue weighted by atomic mass is 35.5. The Balaban J connectivity index is 2.21. The molecule has 24 heavy (non-hydrogen) atoms. The molecule has 0 heterocycles. The lowest BCUT2D eigenvalue weighted by Crippen LogP contribution is -2.34. The molecule has 0 saturated heterocycles. The first-order valence-corrected chi connectivity index (χ1v) is 7.71. The van der Waals surface area contributed by atoms with Crippen molar-refractivity contribution < 1.29 is 18.0 Å². The molecule has 0 aliphatic carbocycles. The highest BCUT2D eigenvalue weighted by Gasteiger charge is 2.32. The van der Waals surface area contributed by atoms with Gasteiger partial charge in [0.05, 0.1) is 11.0 Å². The molecule has 0 bridgehead atoms. The van der Waals surface area contributed by atoms with Crippen LogP contribution >= 0.6 is 23.2 Å². The van der Waals surface area contributed by atoms with Crippen LogP contribution in [0.5, 0.6) is 0 Å². The summed E-state index contributed by atoms with van der Waals surface area (Å²) in [7, 11) is 0. The Morgan fingerprint density at radius 2 is 1.42 bits per heavy atom. The number of carbonyl (C=O) groups is 1. The Kier molecular flexibility index (Phi) is 5.16. The maximum atomic E-state index is 12.6. The zero-order valence-corrected chi connectivity index (χ0v) is 14.4. The number of rotatable bonds is 3. The van der Waals surface area contributed by atoms with Gasteiger partial charge >= 0.3 is 6.18 Å². The van der Waals surface area contributed by atoms with Gasteiger partial charge in [0.25, 0.3) is 0 Å². The van der Waals surface area contributed by atoms with Crippen LogP contribution in [0.4, 0.5) is 18.9 Å². The lowest BCUT2D eigenvalue weighted by molar-refractivity contribution is -0.137. The number of carbonyl (C=O) groups excluding carboxylic acids is 1. The smallest absolute Gasteiger partial charge is 0.325 e. The van der Waals surface area contributed by atoms with Gasteiger partial charge in [-0.1, -0.05) is 23.2 Å². The largest absolute Gasteiger partial charge is 0.416 e. The van der Waals surface area contributed by atoms with E-state index in [1.165, 1.54) is 12.1 Å². The standard InChI is InChI=1S/C17H14Cl2F3NO/c1-16(2,11-7-12(18)9-13(19)8-11)15(24)23-14-5-3-10(4-6-14)17(20,21)22/h3-9H,1-2H3,(H,23,24). The second-order valence-corrected chi connectivity index (χ2v) is 6.69. The van der Waals surface area contributed by atoms with Crippen LogP contribution < -0.4 is 5.32 Å². The predicted molar refractivity (Wildman–Crippen MR) is 89.6 cm³/mol. The molecule has 0 fully saturated rings. The van der Waals surface area contributed by atoms with Gasteiger partial charge in [0.2, 0.25) is 5.91 Å². The Labute approximate surface area is 147 Å².